The maximum absolute atomic E-state index is 13.8. The van der Waals surface area contributed by atoms with Crippen molar-refractivity contribution in [3.63, 3.8) is 0 Å². The molecule has 6 aromatic rings. The molecule has 8 nitrogen and oxygen atoms in total. The van der Waals surface area contributed by atoms with Gasteiger partial charge in [-0.25, -0.2) is 9.78 Å². The van der Waals surface area contributed by atoms with Crippen molar-refractivity contribution < 1.29 is 19.4 Å². The molecule has 4 aromatic carbocycles. The lowest BCUT2D eigenvalue weighted by molar-refractivity contribution is -0.121. The second-order valence-electron chi connectivity index (χ2n) is 12.3. The van der Waals surface area contributed by atoms with Gasteiger partial charge >= 0.3 is 5.97 Å². The molecule has 50 heavy (non-hydrogen) atoms. The molecule has 0 aliphatic carbocycles. The molecule has 0 aliphatic heterocycles. The van der Waals surface area contributed by atoms with Crippen LogP contribution in [0, 0.1) is 0 Å². The monoisotopic (exact) mass is 708 g/mol. The average Bonchev–Trinajstić information content (AvgIpc) is 3.67. The number of benzene rings is 4. The smallest absolute Gasteiger partial charge is 0.335 e. The predicted molar refractivity (Wildman–Crippen MR) is 198 cm³/mol. The van der Waals surface area contributed by atoms with Gasteiger partial charge in [0.2, 0.25) is 5.91 Å². The van der Waals surface area contributed by atoms with E-state index in [1.807, 2.05) is 55.7 Å². The first kappa shape index (κ1) is 34.8. The van der Waals surface area contributed by atoms with Crippen LogP contribution in [0.4, 0.5) is 0 Å². The van der Waals surface area contributed by atoms with Crippen LogP contribution in [-0.4, -0.2) is 31.1 Å². The molecule has 0 unspecified atom stereocenters. The van der Waals surface area contributed by atoms with Crippen molar-refractivity contribution in [1.29, 1.82) is 0 Å². The van der Waals surface area contributed by atoms with Gasteiger partial charge in [0.05, 0.1) is 28.7 Å². The van der Waals surface area contributed by atoms with E-state index < -0.39 is 12.0 Å². The zero-order valence-corrected chi connectivity index (χ0v) is 29.4. The number of unbranched alkanes of at least 4 members (excludes halogenated alkanes) is 1. The summed E-state index contributed by atoms with van der Waals surface area (Å²) in [4.78, 5) is 30.0. The number of carboxylic acids is 1. The molecule has 256 valence electrons. The third-order valence-electron chi connectivity index (χ3n) is 8.78. The Bertz CT molecular complexity index is 2120. The maximum Gasteiger partial charge on any atom is 0.335 e. The van der Waals surface area contributed by atoms with Crippen LogP contribution >= 0.6 is 23.2 Å². The number of nitrogens with zero attached hydrogens (tertiary/aromatic N) is 3. The Labute approximate surface area is 301 Å². The molecule has 0 radical (unpaired) electrons. The van der Waals surface area contributed by atoms with Crippen LogP contribution in [0.15, 0.2) is 103 Å². The Hall–Kier alpha value is -5.05. The Morgan fingerprint density at radius 2 is 1.68 bits per heavy atom. The molecule has 1 atom stereocenters. The van der Waals surface area contributed by atoms with E-state index in [1.165, 1.54) is 0 Å². The number of carboxylic acid groups (broad SMARTS) is 1. The highest BCUT2D eigenvalue weighted by molar-refractivity contribution is 6.36. The molecule has 10 heteroatoms. The van der Waals surface area contributed by atoms with Crippen LogP contribution in [0.2, 0.25) is 10.0 Å². The maximum atomic E-state index is 13.8. The first-order valence-corrected chi connectivity index (χ1v) is 17.3. The van der Waals surface area contributed by atoms with Crippen LogP contribution in [0.3, 0.4) is 0 Å². The largest absolute Gasteiger partial charge is 0.489 e. The molecule has 2 N–H and O–H groups in total. The predicted octanol–water partition coefficient (Wildman–Crippen LogP) is 9.07. The van der Waals surface area contributed by atoms with Crippen molar-refractivity contribution in [2.24, 2.45) is 7.05 Å². The van der Waals surface area contributed by atoms with E-state index >= 15 is 0 Å². The van der Waals surface area contributed by atoms with E-state index in [1.54, 1.807) is 36.4 Å². The van der Waals surface area contributed by atoms with Crippen molar-refractivity contribution in [3.8, 4) is 17.0 Å². The Morgan fingerprint density at radius 1 is 0.940 bits per heavy atom. The lowest BCUT2D eigenvalue weighted by Gasteiger charge is -2.20. The quantitative estimate of drug-likeness (QED) is 0.118. The molecular formula is C40H38Cl2N4O4. The van der Waals surface area contributed by atoms with Crippen LogP contribution in [0.25, 0.3) is 22.2 Å². The van der Waals surface area contributed by atoms with Crippen molar-refractivity contribution >= 4 is 46.0 Å². The molecular weight excluding hydrogens is 671 g/mol. The number of imidazole rings is 1. The number of rotatable bonds is 14. The standard InChI is InChI=1S/C40H38Cl2N4O4/c1-3-4-19-46-24-36(33-18-15-30(41)22-34(33)42)44-39(46)35(43-38(47)23-31-21-29-7-5-6-8-37(29)45(31)2)20-26-11-16-32(17-12-26)50-25-27-9-13-28(14-10-27)40(48)49/h5-18,21-22,24,35H,3-4,19-20,23,25H2,1-2H3,(H,43,47)(H,48,49)/t35-/m0/s1. The summed E-state index contributed by atoms with van der Waals surface area (Å²) in [6.07, 6.45) is 4.65. The number of aromatic carboxylic acids is 1. The van der Waals surface area contributed by atoms with Gasteiger partial charge in [-0.1, -0.05) is 79.0 Å². The minimum Gasteiger partial charge on any atom is -0.489 e. The number of aryl methyl sites for hydroxylation is 2. The van der Waals surface area contributed by atoms with Crippen molar-refractivity contribution in [1.82, 2.24) is 19.4 Å². The molecule has 2 heterocycles. The van der Waals surface area contributed by atoms with Gasteiger partial charge in [0.25, 0.3) is 0 Å². The molecule has 0 saturated carbocycles. The zero-order chi connectivity index (χ0) is 35.2. The number of hydrogen-bond donors (Lipinski definition) is 2. The van der Waals surface area contributed by atoms with E-state index in [9.17, 15) is 9.59 Å². The summed E-state index contributed by atoms with van der Waals surface area (Å²) >= 11 is 12.8. The van der Waals surface area contributed by atoms with Gasteiger partial charge in [-0.05, 0) is 84.0 Å². The van der Waals surface area contributed by atoms with Gasteiger partial charge < -0.3 is 24.3 Å². The number of carbonyl (C=O) groups excluding carboxylic acids is 1. The summed E-state index contributed by atoms with van der Waals surface area (Å²) in [5, 5.41) is 14.6. The summed E-state index contributed by atoms with van der Waals surface area (Å²) in [7, 11) is 1.98. The van der Waals surface area contributed by atoms with Crippen LogP contribution < -0.4 is 10.1 Å². The summed E-state index contributed by atoms with van der Waals surface area (Å²) in [6, 6.07) is 29.5. The lowest BCUT2D eigenvalue weighted by atomic mass is 10.0. The molecule has 0 spiro atoms. The SMILES string of the molecule is CCCCn1cc(-c2ccc(Cl)cc2Cl)nc1[C@H](Cc1ccc(OCc2ccc(C(=O)O)cc2)cc1)NC(=O)Cc1cc2ccccc2n1C. The van der Waals surface area contributed by atoms with Crippen molar-refractivity contribution in [3.05, 3.63) is 142 Å². The highest BCUT2D eigenvalue weighted by Gasteiger charge is 2.24. The summed E-state index contributed by atoms with van der Waals surface area (Å²) in [5.74, 6) is 0.353. The number of carbonyl (C=O) groups is 2. The lowest BCUT2D eigenvalue weighted by Crippen LogP contribution is -2.33. The number of para-hydroxylation sites is 1. The highest BCUT2D eigenvalue weighted by Crippen LogP contribution is 2.32. The molecule has 0 saturated heterocycles. The first-order valence-electron chi connectivity index (χ1n) is 16.6. The number of halogens is 2. The van der Waals surface area contributed by atoms with E-state index in [0.29, 0.717) is 34.5 Å². The van der Waals surface area contributed by atoms with Crippen molar-refractivity contribution in [2.75, 3.05) is 0 Å². The third-order valence-corrected chi connectivity index (χ3v) is 9.32. The van der Waals surface area contributed by atoms with Gasteiger partial charge in [0.1, 0.15) is 18.2 Å². The van der Waals surface area contributed by atoms with E-state index in [-0.39, 0.29) is 17.9 Å². The normalized spacial score (nSPS) is 11.8. The van der Waals surface area contributed by atoms with Gasteiger partial charge in [0, 0.05) is 41.6 Å². The molecule has 0 aliphatic rings. The zero-order valence-electron chi connectivity index (χ0n) is 27.9. The summed E-state index contributed by atoms with van der Waals surface area (Å²) in [6.45, 7) is 3.18. The number of ether oxygens (including phenoxy) is 1. The molecule has 0 fully saturated rings. The fraction of sp³-hybridized carbons (Fsp3) is 0.225. The molecule has 1 amide bonds. The molecule has 2 aromatic heterocycles. The highest BCUT2D eigenvalue weighted by atomic mass is 35.5. The van der Waals surface area contributed by atoms with Gasteiger partial charge in [-0.3, -0.25) is 4.79 Å². The van der Waals surface area contributed by atoms with Crippen molar-refractivity contribution in [2.45, 2.75) is 51.8 Å². The van der Waals surface area contributed by atoms with Crippen LogP contribution in [0.1, 0.15) is 58.8 Å². The first-order chi connectivity index (χ1) is 24.2. The number of amides is 1. The summed E-state index contributed by atoms with van der Waals surface area (Å²) < 4.78 is 10.2. The van der Waals surface area contributed by atoms with Crippen LogP contribution in [-0.2, 0) is 37.8 Å². The van der Waals surface area contributed by atoms with Crippen LogP contribution in [0.5, 0.6) is 5.75 Å². The van der Waals surface area contributed by atoms with E-state index in [4.69, 9.17) is 38.0 Å². The number of aromatic nitrogens is 3. The average molecular weight is 710 g/mol. The Balaban J connectivity index is 1.27. The Morgan fingerprint density at radius 3 is 2.38 bits per heavy atom. The summed E-state index contributed by atoms with van der Waals surface area (Å²) in [5.41, 5.74) is 5.57. The topological polar surface area (TPSA) is 98.4 Å². The number of nitrogens with one attached hydrogen (secondary N) is 1. The number of hydrogen-bond acceptors (Lipinski definition) is 4. The Kier molecular flexibility index (Phi) is 10.9. The minimum atomic E-state index is -0.964. The second-order valence-corrected chi connectivity index (χ2v) is 13.2. The minimum absolute atomic E-state index is 0.106. The van der Waals surface area contributed by atoms with E-state index in [2.05, 4.69) is 39.6 Å². The second kappa shape index (κ2) is 15.7. The third kappa shape index (κ3) is 8.21. The fourth-order valence-corrected chi connectivity index (χ4v) is 6.55. The van der Waals surface area contributed by atoms with Gasteiger partial charge in [-0.15, -0.1) is 0 Å². The fourth-order valence-electron chi connectivity index (χ4n) is 6.04. The van der Waals surface area contributed by atoms with E-state index in [0.717, 1.165) is 58.5 Å². The van der Waals surface area contributed by atoms with Gasteiger partial charge in [-0.2, -0.15) is 0 Å². The molecule has 6 rings (SSSR count). The number of fused-ring (bicyclic) bond motifs is 1. The molecule has 0 bridgehead atoms. The van der Waals surface area contributed by atoms with Gasteiger partial charge in [0.15, 0.2) is 0 Å².